The highest BCUT2D eigenvalue weighted by atomic mass is 16.5. The Bertz CT molecular complexity index is 1500. The highest BCUT2D eigenvalue weighted by molar-refractivity contribution is 6.46. The third kappa shape index (κ3) is 6.90. The van der Waals surface area contributed by atoms with E-state index in [9.17, 15) is 14.7 Å². The molecule has 0 bridgehead atoms. The van der Waals surface area contributed by atoms with E-state index in [-0.39, 0.29) is 11.3 Å². The van der Waals surface area contributed by atoms with Crippen LogP contribution in [-0.4, -0.2) is 79.7 Å². The molecule has 0 radical (unpaired) electrons. The Balaban J connectivity index is 1.47. The fourth-order valence-corrected chi connectivity index (χ4v) is 5.73. The summed E-state index contributed by atoms with van der Waals surface area (Å²) in [6.45, 7) is 8.80. The quantitative estimate of drug-likeness (QED) is 0.174. The number of Topliss-reactive ketones (excluding diaryl/α,β-unsaturated/α-hetero) is 1. The minimum atomic E-state index is -0.793. The topological polar surface area (TPSA) is 97.8 Å². The first kappa shape index (κ1) is 31.1. The monoisotopic (exact) mass is 600 g/mol. The SMILES string of the molecule is CCOc1ccc([C@H]2C(=C(O)c3ccc(OCc4ccccc4)c(C)c3)C(=O)C(=O)N2CCCN2CCOCC2)cc1OC. The number of rotatable bonds is 12. The van der Waals surface area contributed by atoms with E-state index in [0.717, 1.165) is 30.8 Å². The van der Waals surface area contributed by atoms with Crippen LogP contribution in [0.15, 0.2) is 72.3 Å². The van der Waals surface area contributed by atoms with Crippen molar-refractivity contribution in [2.24, 2.45) is 0 Å². The van der Waals surface area contributed by atoms with Gasteiger partial charge in [-0.15, -0.1) is 0 Å². The molecule has 9 heteroatoms. The molecule has 0 unspecified atom stereocenters. The van der Waals surface area contributed by atoms with Gasteiger partial charge in [-0.2, -0.15) is 0 Å². The van der Waals surface area contributed by atoms with Gasteiger partial charge in [-0.1, -0.05) is 36.4 Å². The maximum Gasteiger partial charge on any atom is 0.295 e. The molecular formula is C35H40N2O7. The lowest BCUT2D eigenvalue weighted by atomic mass is 9.94. The van der Waals surface area contributed by atoms with E-state index in [2.05, 4.69) is 4.90 Å². The number of methoxy groups -OCH3 is 1. The van der Waals surface area contributed by atoms with Crippen molar-refractivity contribution in [1.82, 2.24) is 9.80 Å². The average molecular weight is 601 g/mol. The zero-order valence-electron chi connectivity index (χ0n) is 25.6. The summed E-state index contributed by atoms with van der Waals surface area (Å²) in [5.74, 6) is 0.139. The Labute approximate surface area is 258 Å². The van der Waals surface area contributed by atoms with Crippen molar-refractivity contribution < 1.29 is 33.6 Å². The predicted octanol–water partition coefficient (Wildman–Crippen LogP) is 5.13. The van der Waals surface area contributed by atoms with E-state index in [1.54, 1.807) is 42.3 Å². The molecule has 2 saturated heterocycles. The fraction of sp³-hybridized carbons (Fsp3) is 0.371. The second-order valence-electron chi connectivity index (χ2n) is 10.9. The number of nitrogens with zero attached hydrogens (tertiary/aromatic N) is 2. The van der Waals surface area contributed by atoms with Crippen LogP contribution in [0.2, 0.25) is 0 Å². The second kappa shape index (κ2) is 14.4. The van der Waals surface area contributed by atoms with Gasteiger partial charge in [0.25, 0.3) is 11.7 Å². The molecule has 0 saturated carbocycles. The molecule has 232 valence electrons. The van der Waals surface area contributed by atoms with Crippen LogP contribution >= 0.6 is 0 Å². The third-order valence-corrected chi connectivity index (χ3v) is 8.01. The first-order valence-electron chi connectivity index (χ1n) is 15.1. The Morgan fingerprint density at radius 2 is 1.68 bits per heavy atom. The number of hydrogen-bond acceptors (Lipinski definition) is 8. The van der Waals surface area contributed by atoms with Crippen LogP contribution in [0.4, 0.5) is 0 Å². The molecule has 0 aliphatic carbocycles. The van der Waals surface area contributed by atoms with E-state index in [0.29, 0.717) is 67.8 Å². The number of aryl methyl sites for hydroxylation is 1. The van der Waals surface area contributed by atoms with Crippen molar-refractivity contribution in [3.05, 3.63) is 94.6 Å². The minimum Gasteiger partial charge on any atom is -0.507 e. The Hall–Kier alpha value is -4.34. The van der Waals surface area contributed by atoms with Gasteiger partial charge >= 0.3 is 0 Å². The highest BCUT2D eigenvalue weighted by Gasteiger charge is 2.46. The molecule has 1 atom stereocenters. The molecule has 2 heterocycles. The first-order valence-corrected chi connectivity index (χ1v) is 15.1. The van der Waals surface area contributed by atoms with Crippen LogP contribution in [0.3, 0.4) is 0 Å². The number of ether oxygens (including phenoxy) is 4. The number of likely N-dealkylation sites (tertiary alicyclic amines) is 1. The van der Waals surface area contributed by atoms with E-state index in [1.165, 1.54) is 0 Å². The predicted molar refractivity (Wildman–Crippen MR) is 167 cm³/mol. The Morgan fingerprint density at radius 3 is 2.39 bits per heavy atom. The van der Waals surface area contributed by atoms with Gasteiger partial charge in [0.05, 0.1) is 38.5 Å². The minimum absolute atomic E-state index is 0.0462. The van der Waals surface area contributed by atoms with E-state index >= 15 is 0 Å². The molecule has 5 rings (SSSR count). The van der Waals surface area contributed by atoms with E-state index in [1.807, 2.05) is 50.2 Å². The average Bonchev–Trinajstić information content (AvgIpc) is 3.30. The summed E-state index contributed by atoms with van der Waals surface area (Å²) in [4.78, 5) is 31.0. The van der Waals surface area contributed by atoms with Gasteiger partial charge in [0.15, 0.2) is 11.5 Å². The van der Waals surface area contributed by atoms with Crippen LogP contribution in [-0.2, 0) is 20.9 Å². The van der Waals surface area contributed by atoms with Crippen LogP contribution in [0.25, 0.3) is 5.76 Å². The van der Waals surface area contributed by atoms with Crippen molar-refractivity contribution in [3.8, 4) is 17.2 Å². The third-order valence-electron chi connectivity index (χ3n) is 8.01. The number of amides is 1. The summed E-state index contributed by atoms with van der Waals surface area (Å²) in [6.07, 6.45) is 0.671. The summed E-state index contributed by atoms with van der Waals surface area (Å²) in [7, 11) is 1.55. The number of ketones is 1. The van der Waals surface area contributed by atoms with Crippen molar-refractivity contribution >= 4 is 17.4 Å². The molecule has 9 nitrogen and oxygen atoms in total. The maximum atomic E-state index is 13.6. The Morgan fingerprint density at radius 1 is 0.932 bits per heavy atom. The number of aliphatic hydroxyl groups excluding tert-OH is 1. The number of carbonyl (C=O) groups excluding carboxylic acids is 2. The van der Waals surface area contributed by atoms with Crippen molar-refractivity contribution in [3.63, 3.8) is 0 Å². The zero-order chi connectivity index (χ0) is 31.1. The summed E-state index contributed by atoms with van der Waals surface area (Å²) in [6, 6.07) is 19.7. The van der Waals surface area contributed by atoms with Gasteiger partial charge in [-0.25, -0.2) is 0 Å². The first-order chi connectivity index (χ1) is 21.4. The van der Waals surface area contributed by atoms with E-state index in [4.69, 9.17) is 18.9 Å². The molecule has 0 aromatic heterocycles. The number of carbonyl (C=O) groups is 2. The van der Waals surface area contributed by atoms with Gasteiger partial charge in [0.1, 0.15) is 18.1 Å². The summed E-state index contributed by atoms with van der Waals surface area (Å²) in [5.41, 5.74) is 2.97. The van der Waals surface area contributed by atoms with Gasteiger partial charge in [0, 0.05) is 31.7 Å². The van der Waals surface area contributed by atoms with Crippen LogP contribution in [0.1, 0.15) is 41.6 Å². The molecule has 44 heavy (non-hydrogen) atoms. The molecule has 2 fully saturated rings. The zero-order valence-corrected chi connectivity index (χ0v) is 25.6. The molecule has 0 spiro atoms. The number of hydrogen-bond donors (Lipinski definition) is 1. The normalized spacial score (nSPS) is 18.4. The molecule has 3 aromatic rings. The lowest BCUT2D eigenvalue weighted by Gasteiger charge is -2.29. The van der Waals surface area contributed by atoms with Crippen molar-refractivity contribution in [2.75, 3.05) is 53.1 Å². The molecule has 2 aliphatic rings. The summed E-state index contributed by atoms with van der Waals surface area (Å²) in [5, 5.41) is 11.6. The maximum absolute atomic E-state index is 13.6. The summed E-state index contributed by atoms with van der Waals surface area (Å²) >= 11 is 0. The number of benzene rings is 3. The number of aliphatic hydroxyl groups is 1. The largest absolute Gasteiger partial charge is 0.507 e. The molecular weight excluding hydrogens is 560 g/mol. The van der Waals surface area contributed by atoms with Crippen LogP contribution in [0, 0.1) is 6.92 Å². The van der Waals surface area contributed by atoms with Crippen LogP contribution in [0.5, 0.6) is 17.2 Å². The van der Waals surface area contributed by atoms with Gasteiger partial charge in [-0.05, 0) is 67.3 Å². The van der Waals surface area contributed by atoms with Gasteiger partial charge in [-0.3, -0.25) is 14.5 Å². The molecule has 3 aromatic carbocycles. The van der Waals surface area contributed by atoms with Crippen molar-refractivity contribution in [1.29, 1.82) is 0 Å². The lowest BCUT2D eigenvalue weighted by Crippen LogP contribution is -2.39. The highest BCUT2D eigenvalue weighted by Crippen LogP contribution is 2.42. The Kier molecular flexibility index (Phi) is 10.2. The van der Waals surface area contributed by atoms with Gasteiger partial charge < -0.3 is 29.0 Å². The smallest absolute Gasteiger partial charge is 0.295 e. The number of morpholine rings is 1. The molecule has 1 amide bonds. The van der Waals surface area contributed by atoms with Crippen molar-refractivity contribution in [2.45, 2.75) is 32.9 Å². The van der Waals surface area contributed by atoms with E-state index < -0.39 is 17.7 Å². The second-order valence-corrected chi connectivity index (χ2v) is 10.9. The van der Waals surface area contributed by atoms with Crippen LogP contribution < -0.4 is 14.2 Å². The molecule has 1 N–H and O–H groups in total. The fourth-order valence-electron chi connectivity index (χ4n) is 5.73. The standard InChI is InChI=1S/C35H40N2O7/c1-4-43-29-14-11-26(22-30(29)41-3)32-31(34(39)35(40)37(32)16-8-15-36-17-19-42-20-18-36)33(38)27-12-13-28(24(2)21-27)44-23-25-9-6-5-7-10-25/h5-7,9-14,21-22,32,38H,4,8,15-20,23H2,1-3H3/t32-/m0/s1. The lowest BCUT2D eigenvalue weighted by molar-refractivity contribution is -0.140. The summed E-state index contributed by atoms with van der Waals surface area (Å²) < 4.78 is 22.8. The molecule has 2 aliphatic heterocycles. The van der Waals surface area contributed by atoms with Gasteiger partial charge in [0.2, 0.25) is 0 Å².